The molecule has 3 atom stereocenters. The Morgan fingerprint density at radius 2 is 1.92 bits per heavy atom. The summed E-state index contributed by atoms with van der Waals surface area (Å²) < 4.78 is 0. The van der Waals surface area contributed by atoms with Crippen LogP contribution in [0.3, 0.4) is 0 Å². The molecule has 2 amide bonds. The van der Waals surface area contributed by atoms with E-state index >= 15 is 0 Å². The van der Waals surface area contributed by atoms with E-state index < -0.39 is 5.97 Å². The fraction of sp³-hybridized carbons (Fsp3) is 0.833. The molecule has 8 heteroatoms. The van der Waals surface area contributed by atoms with Gasteiger partial charge in [-0.2, -0.15) is 0 Å². The van der Waals surface area contributed by atoms with Crippen LogP contribution in [0.2, 0.25) is 0 Å². The lowest BCUT2D eigenvalue weighted by Crippen LogP contribution is -2.55. The highest BCUT2D eigenvalue weighted by atomic mass is 16.4. The van der Waals surface area contributed by atoms with Crippen LogP contribution in [0, 0.1) is 11.8 Å². The third-order valence-electron chi connectivity index (χ3n) is 6.03. The number of nitrogens with one attached hydrogen (secondary N) is 2. The van der Waals surface area contributed by atoms with Gasteiger partial charge in [-0.25, -0.2) is 0 Å². The fourth-order valence-electron chi connectivity index (χ4n) is 4.60. The van der Waals surface area contributed by atoms with Crippen molar-refractivity contribution < 1.29 is 19.5 Å². The molecule has 0 aromatic carbocycles. The normalized spacial score (nSPS) is 29.9. The molecule has 3 rings (SSSR count). The molecule has 2 aliphatic heterocycles. The molecule has 8 nitrogen and oxygen atoms in total. The molecule has 3 fully saturated rings. The molecule has 3 aliphatic rings. The number of nitrogens with zero attached hydrogens (tertiary/aromatic N) is 2. The van der Waals surface area contributed by atoms with Crippen LogP contribution in [0.15, 0.2) is 0 Å². The molecular formula is C18H30N4O4. The summed E-state index contributed by atoms with van der Waals surface area (Å²) in [6.45, 7) is 4.90. The molecule has 2 saturated heterocycles. The minimum absolute atomic E-state index is 0.0317. The summed E-state index contributed by atoms with van der Waals surface area (Å²) in [7, 11) is 0. The molecule has 0 radical (unpaired) electrons. The van der Waals surface area contributed by atoms with Crippen LogP contribution >= 0.6 is 0 Å². The number of carbonyl (C=O) groups excluding carboxylic acids is 2. The topological polar surface area (TPSA) is 102 Å². The second kappa shape index (κ2) is 8.81. The second-order valence-electron chi connectivity index (χ2n) is 7.66. The molecular weight excluding hydrogens is 336 g/mol. The van der Waals surface area contributed by atoms with Crippen LogP contribution < -0.4 is 10.6 Å². The van der Waals surface area contributed by atoms with Crippen LogP contribution in [0.5, 0.6) is 0 Å². The van der Waals surface area contributed by atoms with E-state index in [1.165, 1.54) is 6.42 Å². The molecule has 26 heavy (non-hydrogen) atoms. The Bertz CT molecular complexity index is 535. The van der Waals surface area contributed by atoms with Crippen molar-refractivity contribution in [2.45, 2.75) is 38.1 Å². The standard InChI is InChI=1S/C18H30N4O4/c23-16(20-5-3-17(24)25)12-22-8-4-13-1-2-14(11-15(13)18(22)26)21-9-6-19-7-10-21/h13-15,19H,1-12H2,(H,20,23)(H,24,25). The number of fused-ring (bicyclic) bond motifs is 1. The number of aliphatic carboxylic acids is 1. The summed E-state index contributed by atoms with van der Waals surface area (Å²) in [5.41, 5.74) is 0. The predicted molar refractivity (Wildman–Crippen MR) is 95.5 cm³/mol. The van der Waals surface area contributed by atoms with Crippen molar-refractivity contribution >= 4 is 17.8 Å². The first-order valence-corrected chi connectivity index (χ1v) is 9.76. The Labute approximate surface area is 154 Å². The van der Waals surface area contributed by atoms with E-state index in [1.807, 2.05) is 0 Å². The van der Waals surface area contributed by atoms with Gasteiger partial charge < -0.3 is 20.6 Å². The van der Waals surface area contributed by atoms with Gasteiger partial charge in [-0.1, -0.05) is 0 Å². The minimum atomic E-state index is -0.941. The molecule has 146 valence electrons. The van der Waals surface area contributed by atoms with Crippen molar-refractivity contribution in [2.24, 2.45) is 11.8 Å². The highest BCUT2D eigenvalue weighted by Gasteiger charge is 2.42. The monoisotopic (exact) mass is 366 g/mol. The SMILES string of the molecule is O=C(O)CCNC(=O)CN1CCC2CCC(N3CCNCC3)CC2C1=O. The highest BCUT2D eigenvalue weighted by molar-refractivity contribution is 5.86. The number of carboxylic acid groups (broad SMARTS) is 1. The van der Waals surface area contributed by atoms with Gasteiger partial charge in [0.1, 0.15) is 0 Å². The second-order valence-corrected chi connectivity index (χ2v) is 7.66. The van der Waals surface area contributed by atoms with Gasteiger partial charge in [-0.15, -0.1) is 0 Å². The third-order valence-corrected chi connectivity index (χ3v) is 6.03. The van der Waals surface area contributed by atoms with Crippen LogP contribution in [0.4, 0.5) is 0 Å². The third kappa shape index (κ3) is 4.73. The molecule has 0 bridgehead atoms. The Morgan fingerprint density at radius 3 is 2.65 bits per heavy atom. The molecule has 2 heterocycles. The van der Waals surface area contributed by atoms with Crippen molar-refractivity contribution in [1.82, 2.24) is 20.4 Å². The number of carboxylic acids is 1. The van der Waals surface area contributed by atoms with E-state index in [0.717, 1.165) is 45.4 Å². The smallest absolute Gasteiger partial charge is 0.305 e. The number of piperidine rings is 1. The number of piperazine rings is 1. The Morgan fingerprint density at radius 1 is 1.15 bits per heavy atom. The summed E-state index contributed by atoms with van der Waals surface area (Å²) in [4.78, 5) is 39.6. The average Bonchev–Trinajstić information content (AvgIpc) is 2.64. The van der Waals surface area contributed by atoms with Crippen molar-refractivity contribution in [1.29, 1.82) is 0 Å². The average molecular weight is 366 g/mol. The summed E-state index contributed by atoms with van der Waals surface area (Å²) in [6, 6.07) is 0.478. The van der Waals surface area contributed by atoms with Crippen molar-refractivity contribution in [3.63, 3.8) is 0 Å². The van der Waals surface area contributed by atoms with Crippen molar-refractivity contribution in [2.75, 3.05) is 45.8 Å². The summed E-state index contributed by atoms with van der Waals surface area (Å²) in [6.07, 6.45) is 4.04. The largest absolute Gasteiger partial charge is 0.481 e. The van der Waals surface area contributed by atoms with E-state index in [4.69, 9.17) is 5.11 Å². The van der Waals surface area contributed by atoms with Gasteiger partial charge in [0, 0.05) is 51.2 Å². The molecule has 1 aliphatic carbocycles. The van der Waals surface area contributed by atoms with Gasteiger partial charge in [-0.05, 0) is 31.6 Å². The van der Waals surface area contributed by atoms with E-state index in [2.05, 4.69) is 15.5 Å². The van der Waals surface area contributed by atoms with Gasteiger partial charge in [0.2, 0.25) is 11.8 Å². The van der Waals surface area contributed by atoms with Crippen LogP contribution in [0.1, 0.15) is 32.1 Å². The van der Waals surface area contributed by atoms with Crippen LogP contribution in [-0.4, -0.2) is 84.5 Å². The highest BCUT2D eigenvalue weighted by Crippen LogP contribution is 2.38. The Kier molecular flexibility index (Phi) is 6.48. The number of likely N-dealkylation sites (tertiary alicyclic amines) is 1. The summed E-state index contributed by atoms with van der Waals surface area (Å²) >= 11 is 0. The minimum Gasteiger partial charge on any atom is -0.481 e. The first-order valence-electron chi connectivity index (χ1n) is 9.76. The molecule has 3 N–H and O–H groups in total. The fourth-order valence-corrected chi connectivity index (χ4v) is 4.60. The number of amides is 2. The van der Waals surface area contributed by atoms with E-state index in [1.54, 1.807) is 4.90 Å². The maximum absolute atomic E-state index is 12.9. The number of hydrogen-bond acceptors (Lipinski definition) is 5. The summed E-state index contributed by atoms with van der Waals surface area (Å²) in [5.74, 6) is -0.623. The Hall–Kier alpha value is -1.67. The maximum atomic E-state index is 12.9. The maximum Gasteiger partial charge on any atom is 0.305 e. The molecule has 1 saturated carbocycles. The molecule has 0 aromatic heterocycles. The molecule has 3 unspecified atom stereocenters. The van der Waals surface area contributed by atoms with Crippen LogP contribution in [-0.2, 0) is 14.4 Å². The number of carbonyl (C=O) groups is 3. The van der Waals surface area contributed by atoms with Crippen molar-refractivity contribution in [3.8, 4) is 0 Å². The van der Waals surface area contributed by atoms with Gasteiger partial charge in [0.25, 0.3) is 0 Å². The van der Waals surface area contributed by atoms with Gasteiger partial charge in [0.05, 0.1) is 13.0 Å². The van der Waals surface area contributed by atoms with Crippen LogP contribution in [0.25, 0.3) is 0 Å². The van der Waals surface area contributed by atoms with Crippen molar-refractivity contribution in [3.05, 3.63) is 0 Å². The number of rotatable bonds is 6. The van der Waals surface area contributed by atoms with E-state index in [9.17, 15) is 14.4 Å². The lowest BCUT2D eigenvalue weighted by atomic mass is 9.72. The Balaban J connectivity index is 1.51. The first-order chi connectivity index (χ1) is 12.5. The quantitative estimate of drug-likeness (QED) is 0.586. The lowest BCUT2D eigenvalue weighted by molar-refractivity contribution is -0.147. The zero-order chi connectivity index (χ0) is 18.5. The number of hydrogen-bond donors (Lipinski definition) is 3. The predicted octanol–water partition coefficient (Wildman–Crippen LogP) is -0.500. The zero-order valence-corrected chi connectivity index (χ0v) is 15.3. The first kappa shape index (κ1) is 19.1. The van der Waals surface area contributed by atoms with Gasteiger partial charge >= 0.3 is 5.97 Å². The van der Waals surface area contributed by atoms with E-state index in [-0.39, 0.29) is 37.2 Å². The molecule has 0 spiro atoms. The zero-order valence-electron chi connectivity index (χ0n) is 15.3. The lowest BCUT2D eigenvalue weighted by Gasteiger charge is -2.46. The van der Waals surface area contributed by atoms with Gasteiger partial charge in [0.15, 0.2) is 0 Å². The van der Waals surface area contributed by atoms with E-state index in [0.29, 0.717) is 18.5 Å². The van der Waals surface area contributed by atoms with Gasteiger partial charge in [-0.3, -0.25) is 19.3 Å². The molecule has 0 aromatic rings. The summed E-state index contributed by atoms with van der Waals surface area (Å²) in [5, 5.41) is 14.6.